The van der Waals surface area contributed by atoms with Crippen LogP contribution in [0.4, 0.5) is 0 Å². The summed E-state index contributed by atoms with van der Waals surface area (Å²) in [5.74, 6) is 1.38. The highest BCUT2D eigenvalue weighted by molar-refractivity contribution is 7.07. The maximum Gasteiger partial charge on any atom is 0.249 e. The van der Waals surface area contributed by atoms with Crippen molar-refractivity contribution in [2.45, 2.75) is 38.6 Å². The van der Waals surface area contributed by atoms with Crippen molar-refractivity contribution in [3.8, 4) is 0 Å². The normalized spacial score (nSPS) is 17.1. The number of carbonyl (C=O) groups excluding carboxylic acids is 1. The molecule has 1 N–H and O–H groups in total. The lowest BCUT2D eigenvalue weighted by atomic mass is 9.91. The number of aryl methyl sites for hydroxylation is 2. The number of hydrogen-bond acceptors (Lipinski definition) is 6. The van der Waals surface area contributed by atoms with E-state index in [0.29, 0.717) is 31.3 Å². The van der Waals surface area contributed by atoms with Gasteiger partial charge in [0.25, 0.3) is 0 Å². The number of hydrogen-bond donors (Lipinski definition) is 1. The van der Waals surface area contributed by atoms with E-state index in [1.165, 1.54) is 5.56 Å². The largest absolute Gasteiger partial charge is 0.381 e. The fraction of sp³-hybridized carbons (Fsp3) is 0.562. The SMILES string of the molecule is Cc1noc(C(NC(=O)CCc2ccsc2)C2CCOCC2)n1. The second kappa shape index (κ2) is 7.70. The van der Waals surface area contributed by atoms with Gasteiger partial charge in [0.1, 0.15) is 6.04 Å². The molecule has 0 spiro atoms. The zero-order valence-corrected chi connectivity index (χ0v) is 14.0. The number of aromatic nitrogens is 2. The summed E-state index contributed by atoms with van der Waals surface area (Å²) in [7, 11) is 0. The summed E-state index contributed by atoms with van der Waals surface area (Å²) in [6, 6.07) is 1.82. The molecular formula is C16H21N3O3S. The summed E-state index contributed by atoms with van der Waals surface area (Å²) in [6.07, 6.45) is 2.98. The molecule has 3 heterocycles. The maximum absolute atomic E-state index is 12.3. The standard InChI is InChI=1S/C16H21N3O3S/c1-11-17-16(22-19-11)15(13-4-7-21-8-5-13)18-14(20)3-2-12-6-9-23-10-12/h6,9-10,13,15H,2-5,7-8H2,1H3,(H,18,20). The Balaban J connectivity index is 1.64. The summed E-state index contributed by atoms with van der Waals surface area (Å²) in [5, 5.41) is 11.1. The minimum absolute atomic E-state index is 0.0172. The van der Waals surface area contributed by atoms with Crippen LogP contribution in [0.3, 0.4) is 0 Å². The zero-order chi connectivity index (χ0) is 16.1. The molecule has 0 saturated carbocycles. The molecule has 1 amide bonds. The lowest BCUT2D eigenvalue weighted by molar-refractivity contribution is -0.122. The van der Waals surface area contributed by atoms with Gasteiger partial charge in [-0.15, -0.1) is 0 Å². The Bertz CT molecular complexity index is 620. The molecule has 6 nitrogen and oxygen atoms in total. The van der Waals surface area contributed by atoms with Crippen molar-refractivity contribution in [2.75, 3.05) is 13.2 Å². The number of amides is 1. The second-order valence-electron chi connectivity index (χ2n) is 5.81. The van der Waals surface area contributed by atoms with Crippen LogP contribution < -0.4 is 5.32 Å². The van der Waals surface area contributed by atoms with Crippen LogP contribution in [0, 0.1) is 12.8 Å². The van der Waals surface area contributed by atoms with E-state index in [2.05, 4.69) is 26.9 Å². The van der Waals surface area contributed by atoms with Gasteiger partial charge >= 0.3 is 0 Å². The average molecular weight is 335 g/mol. The van der Waals surface area contributed by atoms with Crippen molar-refractivity contribution in [3.05, 3.63) is 34.1 Å². The predicted molar refractivity (Wildman–Crippen MR) is 86.1 cm³/mol. The lowest BCUT2D eigenvalue weighted by Gasteiger charge is -2.28. The molecule has 1 atom stereocenters. The van der Waals surface area contributed by atoms with Gasteiger partial charge in [-0.25, -0.2) is 0 Å². The van der Waals surface area contributed by atoms with Gasteiger partial charge < -0.3 is 14.6 Å². The second-order valence-corrected chi connectivity index (χ2v) is 6.59. The monoisotopic (exact) mass is 335 g/mol. The van der Waals surface area contributed by atoms with E-state index in [1.807, 2.05) is 5.38 Å². The topological polar surface area (TPSA) is 77.2 Å². The van der Waals surface area contributed by atoms with Crippen molar-refractivity contribution >= 4 is 17.2 Å². The minimum Gasteiger partial charge on any atom is -0.381 e. The van der Waals surface area contributed by atoms with Crippen LogP contribution >= 0.6 is 11.3 Å². The molecule has 3 rings (SSSR count). The Morgan fingerprint density at radius 3 is 2.96 bits per heavy atom. The number of thiophene rings is 1. The molecule has 23 heavy (non-hydrogen) atoms. The van der Waals surface area contributed by atoms with E-state index in [-0.39, 0.29) is 17.9 Å². The lowest BCUT2D eigenvalue weighted by Crippen LogP contribution is -2.36. The third-order valence-electron chi connectivity index (χ3n) is 4.08. The van der Waals surface area contributed by atoms with Crippen molar-refractivity contribution in [1.82, 2.24) is 15.5 Å². The van der Waals surface area contributed by atoms with Crippen LogP contribution in [0.25, 0.3) is 0 Å². The van der Waals surface area contributed by atoms with E-state index >= 15 is 0 Å². The first-order valence-corrected chi connectivity index (χ1v) is 8.85. The number of rotatable bonds is 6. The summed E-state index contributed by atoms with van der Waals surface area (Å²) in [6.45, 7) is 3.20. The number of nitrogens with zero attached hydrogens (tertiary/aromatic N) is 2. The van der Waals surface area contributed by atoms with E-state index in [1.54, 1.807) is 18.3 Å². The van der Waals surface area contributed by atoms with Crippen molar-refractivity contribution in [3.63, 3.8) is 0 Å². The van der Waals surface area contributed by atoms with Crippen LogP contribution in [-0.2, 0) is 16.0 Å². The Hall–Kier alpha value is -1.73. The summed E-state index contributed by atoms with van der Waals surface area (Å²) < 4.78 is 10.7. The highest BCUT2D eigenvalue weighted by Crippen LogP contribution is 2.29. The van der Waals surface area contributed by atoms with Gasteiger partial charge in [0.15, 0.2) is 5.82 Å². The molecule has 1 saturated heterocycles. The molecule has 0 radical (unpaired) electrons. The van der Waals surface area contributed by atoms with Gasteiger partial charge in [-0.1, -0.05) is 5.16 Å². The Morgan fingerprint density at radius 1 is 1.48 bits per heavy atom. The van der Waals surface area contributed by atoms with Crippen molar-refractivity contribution in [1.29, 1.82) is 0 Å². The molecular weight excluding hydrogens is 314 g/mol. The number of nitrogens with one attached hydrogen (secondary N) is 1. The van der Waals surface area contributed by atoms with Gasteiger partial charge in [-0.05, 0) is 54.5 Å². The highest BCUT2D eigenvalue weighted by Gasteiger charge is 2.30. The predicted octanol–water partition coefficient (Wildman–Crippen LogP) is 2.66. The summed E-state index contributed by atoms with van der Waals surface area (Å²) >= 11 is 1.65. The first kappa shape index (κ1) is 16.1. The fourth-order valence-electron chi connectivity index (χ4n) is 2.81. The van der Waals surface area contributed by atoms with Crippen LogP contribution in [0.15, 0.2) is 21.3 Å². The number of carbonyl (C=O) groups is 1. The average Bonchev–Trinajstić information content (AvgIpc) is 3.23. The van der Waals surface area contributed by atoms with Gasteiger partial charge in [0.05, 0.1) is 0 Å². The van der Waals surface area contributed by atoms with Crippen LogP contribution in [-0.4, -0.2) is 29.3 Å². The molecule has 1 unspecified atom stereocenters. The van der Waals surface area contributed by atoms with Gasteiger partial charge in [0.2, 0.25) is 11.8 Å². The minimum atomic E-state index is -0.227. The first-order chi connectivity index (χ1) is 11.2. The third kappa shape index (κ3) is 4.39. The molecule has 0 aliphatic carbocycles. The van der Waals surface area contributed by atoms with Crippen molar-refractivity contribution in [2.24, 2.45) is 5.92 Å². The molecule has 0 bridgehead atoms. The summed E-state index contributed by atoms with van der Waals surface area (Å²) in [4.78, 5) is 16.7. The zero-order valence-electron chi connectivity index (χ0n) is 13.2. The Morgan fingerprint density at radius 2 is 2.30 bits per heavy atom. The maximum atomic E-state index is 12.3. The molecule has 2 aromatic heterocycles. The molecule has 0 aromatic carbocycles. The van der Waals surface area contributed by atoms with Crippen LogP contribution in [0.5, 0.6) is 0 Å². The third-order valence-corrected chi connectivity index (χ3v) is 4.82. The Kier molecular flexibility index (Phi) is 5.40. The summed E-state index contributed by atoms with van der Waals surface area (Å²) in [5.41, 5.74) is 1.20. The van der Waals surface area contributed by atoms with E-state index in [4.69, 9.17) is 9.26 Å². The smallest absolute Gasteiger partial charge is 0.249 e. The first-order valence-electron chi connectivity index (χ1n) is 7.91. The molecule has 7 heteroatoms. The highest BCUT2D eigenvalue weighted by atomic mass is 32.1. The molecule has 2 aromatic rings. The van der Waals surface area contributed by atoms with E-state index < -0.39 is 0 Å². The molecule has 1 aliphatic heterocycles. The van der Waals surface area contributed by atoms with E-state index in [9.17, 15) is 4.79 Å². The van der Waals surface area contributed by atoms with Gasteiger partial charge in [-0.3, -0.25) is 4.79 Å². The van der Waals surface area contributed by atoms with Crippen LogP contribution in [0.1, 0.15) is 42.6 Å². The van der Waals surface area contributed by atoms with Crippen molar-refractivity contribution < 1.29 is 14.1 Å². The van der Waals surface area contributed by atoms with E-state index in [0.717, 1.165) is 19.3 Å². The molecule has 1 aliphatic rings. The van der Waals surface area contributed by atoms with Crippen LogP contribution in [0.2, 0.25) is 0 Å². The van der Waals surface area contributed by atoms with Gasteiger partial charge in [0, 0.05) is 19.6 Å². The molecule has 1 fully saturated rings. The number of ether oxygens (including phenoxy) is 1. The van der Waals surface area contributed by atoms with Gasteiger partial charge in [-0.2, -0.15) is 16.3 Å². The fourth-order valence-corrected chi connectivity index (χ4v) is 3.51. The quantitative estimate of drug-likeness (QED) is 0.878. The Labute approximate surface area is 139 Å². The molecule has 124 valence electrons.